The minimum Gasteiger partial charge on any atom is -0.300 e. The van der Waals surface area contributed by atoms with E-state index >= 15 is 8.78 Å². The highest BCUT2D eigenvalue weighted by atomic mass is 19.3. The molecule has 6 atom stereocenters. The molecule has 0 spiro atoms. The highest BCUT2D eigenvalue weighted by Gasteiger charge is 2.67. The Kier molecular flexibility index (Phi) is 3.11. The van der Waals surface area contributed by atoms with E-state index in [4.69, 9.17) is 0 Å². The SMILES string of the molecule is C[C@]12CCC(=O)C[C@@H]1CC[C@H]1[C@H]3CCC[C@]3(C)C(F)(F)C[C@@H]12. The highest BCUT2D eigenvalue weighted by Crippen LogP contribution is 2.69. The molecule has 0 amide bonds. The van der Waals surface area contributed by atoms with E-state index in [0.717, 1.165) is 32.1 Å². The Morgan fingerprint density at radius 3 is 2.59 bits per heavy atom. The molecule has 0 heterocycles. The number of hydrogen-bond acceptors (Lipinski definition) is 1. The zero-order chi connectivity index (χ0) is 15.8. The molecule has 0 aromatic rings. The predicted molar refractivity (Wildman–Crippen MR) is 81.7 cm³/mol. The number of alkyl halides is 2. The molecule has 3 heteroatoms. The third-order valence-corrected chi connectivity index (χ3v) is 8.42. The van der Waals surface area contributed by atoms with Gasteiger partial charge in [-0.05, 0) is 61.2 Å². The van der Waals surface area contributed by atoms with Gasteiger partial charge in [0.05, 0.1) is 0 Å². The molecule has 4 saturated carbocycles. The van der Waals surface area contributed by atoms with Crippen molar-refractivity contribution in [3.63, 3.8) is 0 Å². The largest absolute Gasteiger partial charge is 0.300 e. The first kappa shape index (κ1) is 15.1. The van der Waals surface area contributed by atoms with Crippen LogP contribution < -0.4 is 0 Å². The van der Waals surface area contributed by atoms with Gasteiger partial charge in [0, 0.05) is 24.7 Å². The van der Waals surface area contributed by atoms with E-state index in [2.05, 4.69) is 6.92 Å². The molecule has 1 nitrogen and oxygen atoms in total. The zero-order valence-corrected chi connectivity index (χ0v) is 13.8. The van der Waals surface area contributed by atoms with Crippen molar-refractivity contribution in [1.29, 1.82) is 0 Å². The maximum Gasteiger partial charge on any atom is 0.253 e. The summed E-state index contributed by atoms with van der Waals surface area (Å²) in [5.41, 5.74) is -0.786. The molecule has 22 heavy (non-hydrogen) atoms. The Labute approximate surface area is 132 Å². The first-order valence-electron chi connectivity index (χ1n) is 9.17. The lowest BCUT2D eigenvalue weighted by Crippen LogP contribution is -2.59. The second kappa shape index (κ2) is 4.54. The maximum absolute atomic E-state index is 15.1. The van der Waals surface area contributed by atoms with Crippen LogP contribution in [0, 0.1) is 34.5 Å². The molecule has 4 aliphatic carbocycles. The lowest BCUT2D eigenvalue weighted by molar-refractivity contribution is -0.227. The molecule has 0 saturated heterocycles. The lowest BCUT2D eigenvalue weighted by atomic mass is 9.44. The molecular weight excluding hydrogens is 282 g/mol. The molecule has 124 valence electrons. The van der Waals surface area contributed by atoms with Gasteiger partial charge in [-0.2, -0.15) is 0 Å². The van der Waals surface area contributed by atoms with Crippen molar-refractivity contribution in [2.24, 2.45) is 34.5 Å². The summed E-state index contributed by atoms with van der Waals surface area (Å²) < 4.78 is 30.1. The summed E-state index contributed by atoms with van der Waals surface area (Å²) in [5, 5.41) is 0. The number of carbonyl (C=O) groups is 1. The topological polar surface area (TPSA) is 17.1 Å². The Bertz CT molecular complexity index is 502. The van der Waals surface area contributed by atoms with Crippen LogP contribution in [0.2, 0.25) is 0 Å². The van der Waals surface area contributed by atoms with Crippen LogP contribution >= 0.6 is 0 Å². The Morgan fingerprint density at radius 2 is 1.82 bits per heavy atom. The number of hydrogen-bond donors (Lipinski definition) is 0. The number of halogens is 2. The van der Waals surface area contributed by atoms with Crippen LogP contribution in [0.5, 0.6) is 0 Å². The van der Waals surface area contributed by atoms with Gasteiger partial charge < -0.3 is 0 Å². The van der Waals surface area contributed by atoms with E-state index in [1.165, 1.54) is 0 Å². The van der Waals surface area contributed by atoms with Crippen LogP contribution in [0.1, 0.15) is 71.6 Å². The Morgan fingerprint density at radius 1 is 1.05 bits per heavy atom. The molecule has 4 fully saturated rings. The van der Waals surface area contributed by atoms with Gasteiger partial charge in [0.15, 0.2) is 0 Å². The van der Waals surface area contributed by atoms with Gasteiger partial charge in [-0.15, -0.1) is 0 Å². The third-order valence-electron chi connectivity index (χ3n) is 8.42. The van der Waals surface area contributed by atoms with Crippen LogP contribution in [0.4, 0.5) is 8.78 Å². The van der Waals surface area contributed by atoms with Gasteiger partial charge in [0.25, 0.3) is 5.92 Å². The fourth-order valence-electron chi connectivity index (χ4n) is 6.94. The summed E-state index contributed by atoms with van der Waals surface area (Å²) in [6.45, 7) is 4.09. The van der Waals surface area contributed by atoms with Gasteiger partial charge in [0.2, 0.25) is 0 Å². The summed E-state index contributed by atoms with van der Waals surface area (Å²) in [6, 6.07) is 0. The second-order valence-corrected chi connectivity index (χ2v) is 9.12. The summed E-state index contributed by atoms with van der Waals surface area (Å²) in [6.07, 6.45) is 7.01. The smallest absolute Gasteiger partial charge is 0.253 e. The van der Waals surface area contributed by atoms with Gasteiger partial charge in [-0.25, -0.2) is 8.78 Å². The van der Waals surface area contributed by atoms with Crippen LogP contribution in [0.3, 0.4) is 0 Å². The zero-order valence-electron chi connectivity index (χ0n) is 13.8. The van der Waals surface area contributed by atoms with Crippen molar-refractivity contribution >= 4 is 5.78 Å². The summed E-state index contributed by atoms with van der Waals surface area (Å²) in [5.74, 6) is -1.00. The molecule has 4 aliphatic rings. The highest BCUT2D eigenvalue weighted by molar-refractivity contribution is 5.79. The summed E-state index contributed by atoms with van der Waals surface area (Å²) in [7, 11) is 0. The first-order valence-corrected chi connectivity index (χ1v) is 9.17. The van der Waals surface area contributed by atoms with Crippen molar-refractivity contribution in [1.82, 2.24) is 0 Å². The molecule has 0 aromatic carbocycles. The van der Waals surface area contributed by atoms with Gasteiger partial charge in [0.1, 0.15) is 5.78 Å². The van der Waals surface area contributed by atoms with Crippen molar-refractivity contribution in [2.75, 3.05) is 0 Å². The maximum atomic E-state index is 15.1. The number of rotatable bonds is 0. The number of Topliss-reactive ketones (excluding diaryl/α,β-unsaturated/α-hetero) is 1. The molecular formula is C19H28F2O. The molecule has 0 aliphatic heterocycles. The summed E-state index contributed by atoms with van der Waals surface area (Å²) in [4.78, 5) is 11.8. The van der Waals surface area contributed by atoms with Crippen LogP contribution in [-0.4, -0.2) is 11.7 Å². The van der Waals surface area contributed by atoms with Gasteiger partial charge in [-0.3, -0.25) is 4.79 Å². The number of ketones is 1. The van der Waals surface area contributed by atoms with E-state index in [-0.39, 0.29) is 23.7 Å². The normalized spacial score (nSPS) is 53.5. The van der Waals surface area contributed by atoms with E-state index in [1.54, 1.807) is 0 Å². The molecule has 0 N–H and O–H groups in total. The van der Waals surface area contributed by atoms with Crippen molar-refractivity contribution < 1.29 is 13.6 Å². The van der Waals surface area contributed by atoms with Crippen molar-refractivity contribution in [3.05, 3.63) is 0 Å². The monoisotopic (exact) mass is 310 g/mol. The quantitative estimate of drug-likeness (QED) is 0.598. The van der Waals surface area contributed by atoms with E-state index in [9.17, 15) is 4.79 Å². The average molecular weight is 310 g/mol. The molecule has 4 rings (SSSR count). The molecule has 0 aromatic heterocycles. The average Bonchev–Trinajstić information content (AvgIpc) is 2.85. The molecule has 0 radical (unpaired) electrons. The van der Waals surface area contributed by atoms with E-state index in [0.29, 0.717) is 36.9 Å². The minimum absolute atomic E-state index is 0.0236. The predicted octanol–water partition coefficient (Wildman–Crippen LogP) is 5.23. The first-order chi connectivity index (χ1) is 10.3. The van der Waals surface area contributed by atoms with Crippen molar-refractivity contribution in [3.8, 4) is 0 Å². The van der Waals surface area contributed by atoms with Crippen LogP contribution in [-0.2, 0) is 4.79 Å². The minimum atomic E-state index is -2.53. The third kappa shape index (κ3) is 1.77. The lowest BCUT2D eigenvalue weighted by Gasteiger charge is -2.61. The standard InChI is InChI=1S/C19H28F2O/c1-17-9-7-13(22)10-12(17)5-6-14-15-4-3-8-18(15,2)19(20,21)11-16(14)17/h12,14-16H,3-11H2,1-2H3/t12-,14-,15+,16-,17-,18-/m0/s1. The Balaban J connectivity index is 1.71. The number of fused-ring (bicyclic) bond motifs is 5. The van der Waals surface area contributed by atoms with E-state index < -0.39 is 11.3 Å². The Hall–Kier alpha value is -0.470. The fraction of sp³-hybridized carbons (Fsp3) is 0.947. The van der Waals surface area contributed by atoms with Crippen molar-refractivity contribution in [2.45, 2.75) is 77.6 Å². The fourth-order valence-corrected chi connectivity index (χ4v) is 6.94. The molecule has 0 unspecified atom stereocenters. The van der Waals surface area contributed by atoms with Gasteiger partial charge in [-0.1, -0.05) is 20.3 Å². The van der Waals surface area contributed by atoms with Crippen LogP contribution in [0.15, 0.2) is 0 Å². The molecule has 0 bridgehead atoms. The number of carbonyl (C=O) groups excluding carboxylic acids is 1. The summed E-state index contributed by atoms with van der Waals surface area (Å²) >= 11 is 0. The van der Waals surface area contributed by atoms with E-state index in [1.807, 2.05) is 6.92 Å². The van der Waals surface area contributed by atoms with Crippen LogP contribution in [0.25, 0.3) is 0 Å². The van der Waals surface area contributed by atoms with Gasteiger partial charge >= 0.3 is 0 Å². The second-order valence-electron chi connectivity index (χ2n) is 9.12.